The molecule has 5 nitrogen and oxygen atoms in total. The second kappa shape index (κ2) is 9.53. The van der Waals surface area contributed by atoms with Crippen molar-refractivity contribution in [3.63, 3.8) is 0 Å². The summed E-state index contributed by atoms with van der Waals surface area (Å²) in [5, 5.41) is 9.67. The summed E-state index contributed by atoms with van der Waals surface area (Å²) in [7, 11) is 0. The first kappa shape index (κ1) is 22.2. The van der Waals surface area contributed by atoms with Gasteiger partial charge in [0, 0.05) is 37.2 Å². The number of rotatable bonds is 6. The number of carbonyl (C=O) groups excluding carboxylic acids is 1. The van der Waals surface area contributed by atoms with E-state index in [1.807, 2.05) is 6.92 Å². The fourth-order valence-electron chi connectivity index (χ4n) is 3.79. The van der Waals surface area contributed by atoms with Gasteiger partial charge >= 0.3 is 5.97 Å². The Morgan fingerprint density at radius 2 is 1.83 bits per heavy atom. The van der Waals surface area contributed by atoms with Gasteiger partial charge in [0.25, 0.3) is 0 Å². The third kappa shape index (κ3) is 5.55. The standard InChI is InChI=1S/C22H23ClF2N2O3/c1-14-12-26(13-17-10-18(23)4-3-16(17)11-22(29)30)6-7-27(14)21(28)9-15-2-5-19(24)20(25)8-15/h2-5,8,10,14H,6-7,9,11-13H2,1H3,(H,29,30)/t14-/m0/s1. The molecule has 160 valence electrons. The smallest absolute Gasteiger partial charge is 0.307 e. The monoisotopic (exact) mass is 436 g/mol. The highest BCUT2D eigenvalue weighted by molar-refractivity contribution is 6.30. The molecule has 1 N–H and O–H groups in total. The Balaban J connectivity index is 1.62. The zero-order valence-corrected chi connectivity index (χ0v) is 17.3. The second-order valence-corrected chi connectivity index (χ2v) is 8.02. The van der Waals surface area contributed by atoms with E-state index in [-0.39, 0.29) is 24.8 Å². The number of nitrogens with zero attached hydrogens (tertiary/aromatic N) is 2. The van der Waals surface area contributed by atoms with Crippen molar-refractivity contribution in [2.24, 2.45) is 0 Å². The average molecular weight is 437 g/mol. The zero-order chi connectivity index (χ0) is 21.8. The van der Waals surface area contributed by atoms with Crippen LogP contribution in [0.1, 0.15) is 23.6 Å². The fraction of sp³-hybridized carbons (Fsp3) is 0.364. The Morgan fingerprint density at radius 3 is 2.50 bits per heavy atom. The van der Waals surface area contributed by atoms with Crippen LogP contribution in [0.2, 0.25) is 5.02 Å². The largest absolute Gasteiger partial charge is 0.481 e. The van der Waals surface area contributed by atoms with Gasteiger partial charge in [0.15, 0.2) is 11.6 Å². The van der Waals surface area contributed by atoms with Gasteiger partial charge in [0.05, 0.1) is 12.8 Å². The lowest BCUT2D eigenvalue weighted by atomic mass is 10.0. The Hall–Kier alpha value is -2.51. The molecule has 1 fully saturated rings. The maximum Gasteiger partial charge on any atom is 0.307 e. The molecule has 1 aliphatic heterocycles. The molecule has 0 spiro atoms. The van der Waals surface area contributed by atoms with Gasteiger partial charge in [-0.2, -0.15) is 0 Å². The predicted octanol–water partition coefficient (Wildman–Crippen LogP) is 3.52. The molecular weight excluding hydrogens is 414 g/mol. The molecule has 0 radical (unpaired) electrons. The summed E-state index contributed by atoms with van der Waals surface area (Å²) in [5.74, 6) is -2.93. The molecule has 0 saturated carbocycles. The minimum Gasteiger partial charge on any atom is -0.481 e. The molecule has 1 atom stereocenters. The third-order valence-corrected chi connectivity index (χ3v) is 5.51. The summed E-state index contributed by atoms with van der Waals surface area (Å²) in [6.45, 7) is 4.21. The summed E-state index contributed by atoms with van der Waals surface area (Å²) in [6, 6.07) is 8.62. The van der Waals surface area contributed by atoms with E-state index < -0.39 is 17.6 Å². The SMILES string of the molecule is C[C@H]1CN(Cc2cc(Cl)ccc2CC(=O)O)CCN1C(=O)Cc1ccc(F)c(F)c1. The molecule has 0 aliphatic carbocycles. The number of hydrogen-bond donors (Lipinski definition) is 1. The van der Waals surface area contributed by atoms with E-state index in [1.165, 1.54) is 6.07 Å². The third-order valence-electron chi connectivity index (χ3n) is 5.28. The number of carbonyl (C=O) groups is 2. The van der Waals surface area contributed by atoms with Crippen LogP contribution in [0, 0.1) is 11.6 Å². The molecule has 2 aromatic carbocycles. The van der Waals surface area contributed by atoms with Gasteiger partial charge in [0.2, 0.25) is 5.91 Å². The Morgan fingerprint density at radius 1 is 1.07 bits per heavy atom. The summed E-state index contributed by atoms with van der Waals surface area (Å²) in [6.07, 6.45) is -0.0622. The van der Waals surface area contributed by atoms with E-state index in [0.717, 1.165) is 23.3 Å². The second-order valence-electron chi connectivity index (χ2n) is 7.58. The van der Waals surface area contributed by atoms with E-state index in [9.17, 15) is 18.4 Å². The molecule has 3 rings (SSSR count). The van der Waals surface area contributed by atoms with Crippen molar-refractivity contribution >= 4 is 23.5 Å². The predicted molar refractivity (Wildman–Crippen MR) is 109 cm³/mol. The van der Waals surface area contributed by atoms with Crippen LogP contribution < -0.4 is 0 Å². The molecule has 0 bridgehead atoms. The van der Waals surface area contributed by atoms with Crippen LogP contribution in [0.15, 0.2) is 36.4 Å². The number of carboxylic acids is 1. The van der Waals surface area contributed by atoms with Crippen LogP contribution in [0.3, 0.4) is 0 Å². The molecule has 1 aliphatic rings. The molecule has 1 heterocycles. The van der Waals surface area contributed by atoms with Gasteiger partial charge in [-0.25, -0.2) is 8.78 Å². The van der Waals surface area contributed by atoms with Gasteiger partial charge in [-0.3, -0.25) is 14.5 Å². The van der Waals surface area contributed by atoms with Crippen molar-refractivity contribution in [3.05, 3.63) is 69.7 Å². The highest BCUT2D eigenvalue weighted by atomic mass is 35.5. The van der Waals surface area contributed by atoms with E-state index >= 15 is 0 Å². The number of piperazine rings is 1. The topological polar surface area (TPSA) is 60.9 Å². The average Bonchev–Trinajstić information content (AvgIpc) is 2.66. The minimum absolute atomic E-state index is 0.0125. The first-order chi connectivity index (χ1) is 14.2. The van der Waals surface area contributed by atoms with Gasteiger partial charge < -0.3 is 10.0 Å². The summed E-state index contributed by atoms with van der Waals surface area (Å²) < 4.78 is 26.5. The van der Waals surface area contributed by atoms with Gasteiger partial charge in [-0.1, -0.05) is 23.7 Å². The van der Waals surface area contributed by atoms with Crippen molar-refractivity contribution < 1.29 is 23.5 Å². The number of carboxylic acid groups (broad SMARTS) is 1. The van der Waals surface area contributed by atoms with Crippen molar-refractivity contribution in [1.29, 1.82) is 0 Å². The van der Waals surface area contributed by atoms with Crippen LogP contribution in [0.4, 0.5) is 8.78 Å². The highest BCUT2D eigenvalue weighted by Crippen LogP contribution is 2.21. The number of aliphatic carboxylic acids is 1. The van der Waals surface area contributed by atoms with Crippen molar-refractivity contribution in [2.45, 2.75) is 32.4 Å². The van der Waals surface area contributed by atoms with Crippen LogP contribution in [0.5, 0.6) is 0 Å². The molecule has 0 unspecified atom stereocenters. The quantitative estimate of drug-likeness (QED) is 0.752. The van der Waals surface area contributed by atoms with E-state index in [1.54, 1.807) is 23.1 Å². The number of hydrogen-bond acceptors (Lipinski definition) is 3. The zero-order valence-electron chi connectivity index (χ0n) is 16.6. The summed E-state index contributed by atoms with van der Waals surface area (Å²) >= 11 is 6.09. The lowest BCUT2D eigenvalue weighted by Gasteiger charge is -2.40. The summed E-state index contributed by atoms with van der Waals surface area (Å²) in [4.78, 5) is 27.7. The first-order valence-electron chi connectivity index (χ1n) is 9.67. The van der Waals surface area contributed by atoms with Crippen molar-refractivity contribution in [1.82, 2.24) is 9.80 Å². The molecule has 1 amide bonds. The van der Waals surface area contributed by atoms with Gasteiger partial charge in [0.1, 0.15) is 0 Å². The first-order valence-corrected chi connectivity index (χ1v) is 10.1. The number of halogens is 3. The molecule has 0 aromatic heterocycles. The number of amides is 1. The lowest BCUT2D eigenvalue weighted by Crippen LogP contribution is -2.54. The highest BCUT2D eigenvalue weighted by Gasteiger charge is 2.28. The van der Waals surface area contributed by atoms with Crippen LogP contribution in [0.25, 0.3) is 0 Å². The molecular formula is C22H23ClF2N2O3. The lowest BCUT2D eigenvalue weighted by molar-refractivity contribution is -0.136. The van der Waals surface area contributed by atoms with Crippen LogP contribution in [-0.2, 0) is 29.0 Å². The Labute approximate surface area is 178 Å². The van der Waals surface area contributed by atoms with Gasteiger partial charge in [-0.15, -0.1) is 0 Å². The summed E-state index contributed by atoms with van der Waals surface area (Å²) in [5.41, 5.74) is 2.01. The van der Waals surface area contributed by atoms with Crippen LogP contribution in [-0.4, -0.2) is 52.5 Å². The van der Waals surface area contributed by atoms with Gasteiger partial charge in [-0.05, 0) is 47.9 Å². The number of benzene rings is 2. The van der Waals surface area contributed by atoms with Crippen LogP contribution >= 0.6 is 11.6 Å². The normalized spacial score (nSPS) is 17.2. The van der Waals surface area contributed by atoms with E-state index in [4.69, 9.17) is 16.7 Å². The van der Waals surface area contributed by atoms with E-state index in [2.05, 4.69) is 4.90 Å². The maximum atomic E-state index is 13.4. The van der Waals surface area contributed by atoms with Crippen molar-refractivity contribution in [2.75, 3.05) is 19.6 Å². The minimum atomic E-state index is -0.961. The van der Waals surface area contributed by atoms with Crippen molar-refractivity contribution in [3.8, 4) is 0 Å². The molecule has 1 saturated heterocycles. The fourth-order valence-corrected chi connectivity index (χ4v) is 3.99. The maximum absolute atomic E-state index is 13.4. The molecule has 8 heteroatoms. The molecule has 30 heavy (non-hydrogen) atoms. The van der Waals surface area contributed by atoms with E-state index in [0.29, 0.717) is 36.8 Å². The molecule has 2 aromatic rings. The Kier molecular flexibility index (Phi) is 7.05. The Bertz CT molecular complexity index is 954.